The first-order chi connectivity index (χ1) is 18.7. The Hall–Kier alpha value is -2.42. The van der Waals surface area contributed by atoms with Crippen LogP contribution in [-0.2, 0) is 16.1 Å². The molecule has 2 aliphatic heterocycles. The van der Waals surface area contributed by atoms with Crippen LogP contribution in [-0.4, -0.2) is 61.1 Å². The van der Waals surface area contributed by atoms with Crippen LogP contribution in [0.5, 0.6) is 5.75 Å². The van der Waals surface area contributed by atoms with E-state index in [1.165, 1.54) is 30.2 Å². The lowest BCUT2D eigenvalue weighted by atomic mass is 9.97. The highest BCUT2D eigenvalue weighted by Crippen LogP contribution is 2.45. The third-order valence-electron chi connectivity index (χ3n) is 8.00. The minimum Gasteiger partial charge on any atom is -0.493 e. The Kier molecular flexibility index (Phi) is 8.64. The summed E-state index contributed by atoms with van der Waals surface area (Å²) in [5.41, 5.74) is 1.54. The van der Waals surface area contributed by atoms with Gasteiger partial charge in [0.1, 0.15) is 23.4 Å². The molecule has 1 saturated carbocycles. The van der Waals surface area contributed by atoms with E-state index < -0.39 is 29.6 Å². The van der Waals surface area contributed by atoms with E-state index in [0.29, 0.717) is 54.8 Å². The second kappa shape index (κ2) is 12.0. The molecule has 2 aromatic rings. The maximum Gasteiger partial charge on any atom is 0.328 e. The van der Waals surface area contributed by atoms with E-state index in [1.54, 1.807) is 6.07 Å². The van der Waals surface area contributed by atoms with E-state index in [1.807, 2.05) is 0 Å². The van der Waals surface area contributed by atoms with E-state index in [2.05, 4.69) is 4.90 Å². The number of hydrogen-bond donors (Lipinski definition) is 0. The van der Waals surface area contributed by atoms with Crippen molar-refractivity contribution < 1.29 is 27.8 Å². The molecule has 0 bridgehead atoms. The predicted molar refractivity (Wildman–Crippen MR) is 144 cm³/mol. The lowest BCUT2D eigenvalue weighted by Crippen LogP contribution is -2.41. The van der Waals surface area contributed by atoms with Crippen LogP contribution < -0.4 is 4.74 Å². The van der Waals surface area contributed by atoms with Crippen molar-refractivity contribution in [2.24, 2.45) is 5.92 Å². The maximum atomic E-state index is 15.2. The largest absolute Gasteiger partial charge is 0.493 e. The number of carbonyl (C=O) groups is 2. The summed E-state index contributed by atoms with van der Waals surface area (Å²) in [6.07, 6.45) is 4.89. The summed E-state index contributed by atoms with van der Waals surface area (Å²) in [6.45, 7) is 3.01. The first-order valence-corrected chi connectivity index (χ1v) is 14.2. The van der Waals surface area contributed by atoms with Crippen LogP contribution in [0.1, 0.15) is 65.9 Å². The highest BCUT2D eigenvalue weighted by molar-refractivity contribution is 6.35. The van der Waals surface area contributed by atoms with Gasteiger partial charge in [-0.05, 0) is 92.8 Å². The summed E-state index contributed by atoms with van der Waals surface area (Å²) in [6, 6.07) is 5.10. The second-order valence-electron chi connectivity index (χ2n) is 10.7. The number of methoxy groups -OCH3 is 1. The minimum absolute atomic E-state index is 0.0143. The molecule has 210 valence electrons. The summed E-state index contributed by atoms with van der Waals surface area (Å²) < 4.78 is 40.1. The molecule has 1 aliphatic carbocycles. The summed E-state index contributed by atoms with van der Waals surface area (Å²) in [5, 5.41) is 0.467. The lowest BCUT2D eigenvalue weighted by molar-refractivity contribution is -0.145. The zero-order valence-corrected chi connectivity index (χ0v) is 23.4. The van der Waals surface area contributed by atoms with Gasteiger partial charge in [-0.2, -0.15) is 0 Å². The first kappa shape index (κ1) is 28.1. The van der Waals surface area contributed by atoms with Crippen molar-refractivity contribution in [3.05, 3.63) is 62.6 Å². The summed E-state index contributed by atoms with van der Waals surface area (Å²) in [5.74, 6) is -1.05. The fraction of sp³-hybridized carbons (Fsp3) is 0.517. The molecule has 5 rings (SSSR count). The van der Waals surface area contributed by atoms with Gasteiger partial charge in [-0.15, -0.1) is 0 Å². The number of piperidine rings is 1. The smallest absolute Gasteiger partial charge is 0.328 e. The van der Waals surface area contributed by atoms with Gasteiger partial charge in [-0.25, -0.2) is 13.6 Å². The van der Waals surface area contributed by atoms with Gasteiger partial charge in [-0.1, -0.05) is 23.2 Å². The molecule has 6 nitrogen and oxygen atoms in total. The SMILES string of the molecule is COC(=O)[C@@H]1CCCN1C(=O)c1cc(C2CC2)c(OCC2CCN(Cc3cc(F)c(Cl)cc3Cl)CC2)cc1F. The molecule has 0 radical (unpaired) electrons. The first-order valence-electron chi connectivity index (χ1n) is 13.5. The highest BCUT2D eigenvalue weighted by Gasteiger charge is 2.37. The van der Waals surface area contributed by atoms with Gasteiger partial charge in [0.2, 0.25) is 0 Å². The van der Waals surface area contributed by atoms with Crippen LogP contribution in [0.3, 0.4) is 0 Å². The molecule has 2 saturated heterocycles. The Morgan fingerprint density at radius 2 is 1.69 bits per heavy atom. The third kappa shape index (κ3) is 6.34. The third-order valence-corrected chi connectivity index (χ3v) is 8.64. The minimum atomic E-state index is -0.678. The van der Waals surface area contributed by atoms with Crippen molar-refractivity contribution in [3.8, 4) is 5.75 Å². The zero-order valence-electron chi connectivity index (χ0n) is 21.9. The Morgan fingerprint density at radius 1 is 0.949 bits per heavy atom. The fourth-order valence-electron chi connectivity index (χ4n) is 5.56. The summed E-state index contributed by atoms with van der Waals surface area (Å²) >= 11 is 12.1. The van der Waals surface area contributed by atoms with Crippen LogP contribution in [0.25, 0.3) is 0 Å². The Balaban J connectivity index is 1.21. The van der Waals surface area contributed by atoms with Crippen LogP contribution >= 0.6 is 23.2 Å². The lowest BCUT2D eigenvalue weighted by Gasteiger charge is -2.32. The number of amides is 1. The number of carbonyl (C=O) groups excluding carboxylic acids is 2. The highest BCUT2D eigenvalue weighted by atomic mass is 35.5. The maximum absolute atomic E-state index is 15.2. The number of likely N-dealkylation sites (tertiary alicyclic amines) is 2. The van der Waals surface area contributed by atoms with Crippen LogP contribution in [0.2, 0.25) is 10.0 Å². The van der Waals surface area contributed by atoms with Gasteiger partial charge in [0, 0.05) is 24.2 Å². The summed E-state index contributed by atoms with van der Waals surface area (Å²) in [7, 11) is 1.29. The van der Waals surface area contributed by atoms with Crippen molar-refractivity contribution >= 4 is 35.1 Å². The van der Waals surface area contributed by atoms with Gasteiger partial charge in [-0.3, -0.25) is 9.69 Å². The molecule has 3 fully saturated rings. The topological polar surface area (TPSA) is 59.1 Å². The molecule has 0 N–H and O–H groups in total. The average molecular weight is 581 g/mol. The number of hydrogen-bond acceptors (Lipinski definition) is 5. The van der Waals surface area contributed by atoms with Crippen molar-refractivity contribution in [2.75, 3.05) is 33.4 Å². The van der Waals surface area contributed by atoms with Gasteiger partial charge in [0.05, 0.1) is 24.3 Å². The van der Waals surface area contributed by atoms with E-state index >= 15 is 4.39 Å². The Bertz CT molecular complexity index is 1250. The van der Waals surface area contributed by atoms with E-state index in [9.17, 15) is 14.0 Å². The van der Waals surface area contributed by atoms with Crippen molar-refractivity contribution in [3.63, 3.8) is 0 Å². The monoisotopic (exact) mass is 580 g/mol. The molecule has 0 aromatic heterocycles. The number of halogens is 4. The van der Waals surface area contributed by atoms with Crippen molar-refractivity contribution in [2.45, 2.75) is 57.0 Å². The molecule has 2 aromatic carbocycles. The molecule has 39 heavy (non-hydrogen) atoms. The standard InChI is InChI=1S/C29H32Cl2F2N2O4/c1-38-29(37)26-3-2-8-35(26)28(36)21-12-20(18-4-5-18)27(14-24(21)32)39-16-17-6-9-34(10-7-17)15-19-11-25(33)23(31)13-22(19)30/h11-14,17-18,26H,2-10,15-16H2,1H3/t26-/m0/s1. The molecule has 3 aliphatic rings. The molecule has 1 amide bonds. The van der Waals surface area contributed by atoms with Crippen LogP contribution in [0, 0.1) is 17.6 Å². The molecule has 0 unspecified atom stereocenters. The number of nitrogens with zero attached hydrogens (tertiary/aromatic N) is 2. The molecular formula is C29H32Cl2F2N2O4. The van der Waals surface area contributed by atoms with Gasteiger partial charge >= 0.3 is 5.97 Å². The number of benzene rings is 2. The Morgan fingerprint density at radius 3 is 2.38 bits per heavy atom. The van der Waals surface area contributed by atoms with E-state index in [4.69, 9.17) is 32.7 Å². The molecule has 0 spiro atoms. The van der Waals surface area contributed by atoms with Gasteiger partial charge in [0.25, 0.3) is 5.91 Å². The zero-order chi connectivity index (χ0) is 27.7. The number of esters is 1. The quantitative estimate of drug-likeness (QED) is 0.274. The normalized spacial score (nSPS) is 20.3. The molecule has 10 heteroatoms. The van der Waals surface area contributed by atoms with Crippen molar-refractivity contribution in [1.29, 1.82) is 0 Å². The van der Waals surface area contributed by atoms with E-state index in [0.717, 1.165) is 44.3 Å². The van der Waals surface area contributed by atoms with E-state index in [-0.39, 0.29) is 16.5 Å². The van der Waals surface area contributed by atoms with Gasteiger partial charge in [0.15, 0.2) is 0 Å². The van der Waals surface area contributed by atoms with Crippen LogP contribution in [0.4, 0.5) is 8.78 Å². The van der Waals surface area contributed by atoms with Crippen molar-refractivity contribution in [1.82, 2.24) is 9.80 Å². The predicted octanol–water partition coefficient (Wildman–Crippen LogP) is 6.22. The Labute approximate surface area is 237 Å². The van der Waals surface area contributed by atoms with Crippen LogP contribution in [0.15, 0.2) is 24.3 Å². The fourth-order valence-corrected chi connectivity index (χ4v) is 6.01. The number of rotatable bonds is 8. The average Bonchev–Trinajstić information content (AvgIpc) is 3.65. The molecule has 1 atom stereocenters. The van der Waals surface area contributed by atoms with Gasteiger partial charge < -0.3 is 14.4 Å². The second-order valence-corrected chi connectivity index (χ2v) is 11.5. The molecule has 2 heterocycles. The summed E-state index contributed by atoms with van der Waals surface area (Å²) in [4.78, 5) is 29.0. The molecular weight excluding hydrogens is 549 g/mol. The number of ether oxygens (including phenoxy) is 2.